The monoisotopic (exact) mass is 438 g/mol. The lowest BCUT2D eigenvalue weighted by Gasteiger charge is -2.13. The van der Waals surface area contributed by atoms with Crippen molar-refractivity contribution in [2.75, 3.05) is 5.32 Å². The number of alkyl halides is 3. The standard InChI is InChI=1S/C19H14ClF3N4OS/c20-14-9-5-4-6-12(14)11-24-18(29)27-17-25-15(19(21,22)23)10-16(26-17)28-13-7-2-1-3-8-13/h1-10H,11H2,(H2,24,25,26,27,29). The second kappa shape index (κ2) is 9.06. The zero-order valence-electron chi connectivity index (χ0n) is 14.7. The Bertz CT molecular complexity index is 1000. The molecule has 0 saturated carbocycles. The lowest BCUT2D eigenvalue weighted by Crippen LogP contribution is -2.29. The molecule has 0 radical (unpaired) electrons. The number of thiocarbonyl (C=S) groups is 1. The Morgan fingerprint density at radius 1 is 1.03 bits per heavy atom. The molecule has 2 aromatic carbocycles. The highest BCUT2D eigenvalue weighted by Crippen LogP contribution is 2.31. The van der Waals surface area contributed by atoms with Gasteiger partial charge in [-0.1, -0.05) is 48.0 Å². The maximum atomic E-state index is 13.2. The van der Waals surface area contributed by atoms with Gasteiger partial charge in [0.2, 0.25) is 11.8 Å². The summed E-state index contributed by atoms with van der Waals surface area (Å²) in [7, 11) is 0. The predicted octanol–water partition coefficient (Wildman–Crippen LogP) is 5.43. The minimum absolute atomic E-state index is 0.0369. The fourth-order valence-electron chi connectivity index (χ4n) is 2.25. The Kier molecular flexibility index (Phi) is 6.50. The number of rotatable bonds is 5. The van der Waals surface area contributed by atoms with Gasteiger partial charge < -0.3 is 15.4 Å². The summed E-state index contributed by atoms with van der Waals surface area (Å²) >= 11 is 11.2. The van der Waals surface area contributed by atoms with E-state index in [-0.39, 0.29) is 23.5 Å². The lowest BCUT2D eigenvalue weighted by atomic mass is 10.2. The van der Waals surface area contributed by atoms with Gasteiger partial charge in [-0.25, -0.2) is 4.98 Å². The van der Waals surface area contributed by atoms with E-state index in [2.05, 4.69) is 20.6 Å². The Labute approximate surface area is 174 Å². The molecule has 3 aromatic rings. The van der Waals surface area contributed by atoms with Gasteiger partial charge in [0.05, 0.1) is 0 Å². The molecule has 150 valence electrons. The average molecular weight is 439 g/mol. The van der Waals surface area contributed by atoms with E-state index in [1.54, 1.807) is 48.5 Å². The Hall–Kier alpha value is -2.91. The Morgan fingerprint density at radius 3 is 2.41 bits per heavy atom. The summed E-state index contributed by atoms with van der Waals surface area (Å²) in [5, 5.41) is 5.97. The Morgan fingerprint density at radius 2 is 1.72 bits per heavy atom. The zero-order chi connectivity index (χ0) is 20.9. The van der Waals surface area contributed by atoms with E-state index in [1.165, 1.54) is 0 Å². The van der Waals surface area contributed by atoms with E-state index < -0.39 is 11.9 Å². The fourth-order valence-corrected chi connectivity index (χ4v) is 2.62. The van der Waals surface area contributed by atoms with Crippen LogP contribution >= 0.6 is 23.8 Å². The van der Waals surface area contributed by atoms with E-state index in [9.17, 15) is 13.2 Å². The molecule has 1 aromatic heterocycles. The number of para-hydroxylation sites is 1. The van der Waals surface area contributed by atoms with Gasteiger partial charge in [0.15, 0.2) is 10.8 Å². The summed E-state index contributed by atoms with van der Waals surface area (Å²) < 4.78 is 45.0. The second-order valence-corrected chi connectivity index (χ2v) is 6.54. The first-order valence-electron chi connectivity index (χ1n) is 8.29. The van der Waals surface area contributed by atoms with E-state index in [4.69, 9.17) is 28.6 Å². The number of anilines is 1. The number of halogens is 4. The predicted molar refractivity (Wildman–Crippen MR) is 108 cm³/mol. The molecule has 0 amide bonds. The van der Waals surface area contributed by atoms with E-state index in [0.717, 1.165) is 11.6 Å². The first kappa shape index (κ1) is 20.8. The smallest absolute Gasteiger partial charge is 0.433 e. The zero-order valence-corrected chi connectivity index (χ0v) is 16.3. The number of hydrogen-bond donors (Lipinski definition) is 2. The summed E-state index contributed by atoms with van der Waals surface area (Å²) in [6.45, 7) is 0.276. The van der Waals surface area contributed by atoms with E-state index in [1.807, 2.05) is 6.07 Å². The summed E-state index contributed by atoms with van der Waals surface area (Å²) in [5.74, 6) is -0.276. The van der Waals surface area contributed by atoms with Gasteiger partial charge in [0.25, 0.3) is 0 Å². The van der Waals surface area contributed by atoms with Crippen LogP contribution in [0.2, 0.25) is 5.02 Å². The van der Waals surface area contributed by atoms with Crippen molar-refractivity contribution in [1.29, 1.82) is 0 Å². The molecule has 3 rings (SSSR count). The molecular weight excluding hydrogens is 425 g/mol. The molecule has 0 unspecified atom stereocenters. The molecule has 0 fully saturated rings. The van der Waals surface area contributed by atoms with Crippen LogP contribution < -0.4 is 15.4 Å². The quantitative estimate of drug-likeness (QED) is 0.518. The van der Waals surface area contributed by atoms with Crippen molar-refractivity contribution in [2.24, 2.45) is 0 Å². The first-order valence-corrected chi connectivity index (χ1v) is 9.07. The third-order valence-electron chi connectivity index (χ3n) is 3.58. The third-order valence-corrected chi connectivity index (χ3v) is 4.20. The minimum atomic E-state index is -4.68. The molecule has 0 atom stereocenters. The number of ether oxygens (including phenoxy) is 1. The van der Waals surface area contributed by atoms with Gasteiger partial charge in [0, 0.05) is 17.6 Å². The normalized spacial score (nSPS) is 11.0. The first-order chi connectivity index (χ1) is 13.8. The molecule has 0 aliphatic carbocycles. The van der Waals surface area contributed by atoms with Gasteiger partial charge in [-0.15, -0.1) is 0 Å². The molecule has 0 aliphatic rings. The SMILES string of the molecule is FC(F)(F)c1cc(Oc2ccccc2)nc(NC(=S)NCc2ccccc2Cl)n1. The van der Waals surface area contributed by atoms with Crippen LogP contribution in [-0.4, -0.2) is 15.1 Å². The maximum Gasteiger partial charge on any atom is 0.433 e. The van der Waals surface area contributed by atoms with Gasteiger partial charge in [-0.2, -0.15) is 18.2 Å². The highest BCUT2D eigenvalue weighted by Gasteiger charge is 2.34. The number of benzene rings is 2. The molecular formula is C19H14ClF3N4OS. The number of hydrogen-bond acceptors (Lipinski definition) is 4. The molecule has 29 heavy (non-hydrogen) atoms. The van der Waals surface area contributed by atoms with Crippen LogP contribution in [-0.2, 0) is 12.7 Å². The van der Waals surface area contributed by atoms with Crippen LogP contribution in [0.15, 0.2) is 60.7 Å². The molecule has 10 heteroatoms. The molecule has 0 bridgehead atoms. The number of aromatic nitrogens is 2. The van der Waals surface area contributed by atoms with Crippen molar-refractivity contribution in [3.63, 3.8) is 0 Å². The number of nitrogens with zero attached hydrogens (tertiary/aromatic N) is 2. The average Bonchev–Trinajstić information content (AvgIpc) is 2.67. The summed E-state index contributed by atoms with van der Waals surface area (Å²) in [6, 6.07) is 16.2. The van der Waals surface area contributed by atoms with Crippen molar-refractivity contribution in [3.05, 3.63) is 76.9 Å². The topological polar surface area (TPSA) is 59.1 Å². The third kappa shape index (κ3) is 6.03. The second-order valence-electron chi connectivity index (χ2n) is 5.73. The van der Waals surface area contributed by atoms with Crippen LogP contribution in [0, 0.1) is 0 Å². The molecule has 2 N–H and O–H groups in total. The van der Waals surface area contributed by atoms with Crippen molar-refractivity contribution >= 4 is 34.9 Å². The van der Waals surface area contributed by atoms with Crippen molar-refractivity contribution in [1.82, 2.24) is 15.3 Å². The van der Waals surface area contributed by atoms with Crippen molar-refractivity contribution in [3.8, 4) is 11.6 Å². The molecule has 0 saturated heterocycles. The fraction of sp³-hybridized carbons (Fsp3) is 0.105. The van der Waals surface area contributed by atoms with Crippen LogP contribution in [0.1, 0.15) is 11.3 Å². The number of nitrogens with one attached hydrogen (secondary N) is 2. The van der Waals surface area contributed by atoms with Gasteiger partial charge in [0.1, 0.15) is 5.75 Å². The highest BCUT2D eigenvalue weighted by atomic mass is 35.5. The highest BCUT2D eigenvalue weighted by molar-refractivity contribution is 7.80. The summed E-state index contributed by atoms with van der Waals surface area (Å²) in [5.41, 5.74) is -0.383. The van der Waals surface area contributed by atoms with E-state index >= 15 is 0 Å². The van der Waals surface area contributed by atoms with Crippen LogP contribution in [0.4, 0.5) is 19.1 Å². The largest absolute Gasteiger partial charge is 0.439 e. The van der Waals surface area contributed by atoms with Crippen LogP contribution in [0.25, 0.3) is 0 Å². The lowest BCUT2D eigenvalue weighted by molar-refractivity contribution is -0.141. The molecule has 5 nitrogen and oxygen atoms in total. The van der Waals surface area contributed by atoms with Gasteiger partial charge in [-0.3, -0.25) is 0 Å². The summed E-state index contributed by atoms with van der Waals surface area (Å²) in [4.78, 5) is 7.43. The Balaban J connectivity index is 1.75. The van der Waals surface area contributed by atoms with Gasteiger partial charge in [-0.05, 0) is 36.0 Å². The molecule has 0 aliphatic heterocycles. The molecule has 1 heterocycles. The molecule has 0 spiro atoms. The maximum absolute atomic E-state index is 13.2. The summed E-state index contributed by atoms with van der Waals surface area (Å²) in [6.07, 6.45) is -4.68. The van der Waals surface area contributed by atoms with Crippen LogP contribution in [0.5, 0.6) is 11.6 Å². The van der Waals surface area contributed by atoms with Gasteiger partial charge >= 0.3 is 6.18 Å². The van der Waals surface area contributed by atoms with Crippen molar-refractivity contribution < 1.29 is 17.9 Å². The van der Waals surface area contributed by atoms with Crippen LogP contribution in [0.3, 0.4) is 0 Å². The minimum Gasteiger partial charge on any atom is -0.439 e. The van der Waals surface area contributed by atoms with E-state index in [0.29, 0.717) is 10.8 Å². The van der Waals surface area contributed by atoms with Crippen molar-refractivity contribution in [2.45, 2.75) is 12.7 Å².